The standard InChI is InChI=1S/C18H19FN4O3S/c1-2-8-23-16-7-9-22(27(24,25)17-6-4-3-5-14(17)19)10-13(16)18(21-23)15-11-26-12-20-15/h3-6,11-12H,2,7-10H2,1H3. The second kappa shape index (κ2) is 6.90. The van der Waals surface area contributed by atoms with Crippen molar-refractivity contribution in [3.8, 4) is 11.4 Å². The summed E-state index contributed by atoms with van der Waals surface area (Å²) in [6.45, 7) is 3.19. The smallest absolute Gasteiger partial charge is 0.246 e. The third kappa shape index (κ3) is 3.06. The summed E-state index contributed by atoms with van der Waals surface area (Å²) in [5, 5.41) is 4.63. The predicted molar refractivity (Wildman–Crippen MR) is 95.7 cm³/mol. The number of aryl methyl sites for hydroxylation is 1. The van der Waals surface area contributed by atoms with Crippen LogP contribution in [0, 0.1) is 5.82 Å². The highest BCUT2D eigenvalue weighted by molar-refractivity contribution is 7.89. The highest BCUT2D eigenvalue weighted by atomic mass is 32.2. The molecule has 0 saturated carbocycles. The van der Waals surface area contributed by atoms with Gasteiger partial charge in [0, 0.05) is 37.3 Å². The predicted octanol–water partition coefficient (Wildman–Crippen LogP) is 2.83. The molecule has 0 bridgehead atoms. The number of nitrogens with zero attached hydrogens (tertiary/aromatic N) is 4. The fourth-order valence-electron chi connectivity index (χ4n) is 3.40. The van der Waals surface area contributed by atoms with E-state index in [0.29, 0.717) is 17.8 Å². The van der Waals surface area contributed by atoms with E-state index in [9.17, 15) is 12.8 Å². The quantitative estimate of drug-likeness (QED) is 0.669. The average Bonchev–Trinajstić information content (AvgIpc) is 3.30. The van der Waals surface area contributed by atoms with E-state index in [1.54, 1.807) is 0 Å². The molecule has 3 heterocycles. The van der Waals surface area contributed by atoms with Gasteiger partial charge in [0.25, 0.3) is 0 Å². The number of fused-ring (bicyclic) bond motifs is 1. The number of sulfonamides is 1. The largest absolute Gasteiger partial charge is 0.451 e. The molecule has 142 valence electrons. The Bertz CT molecular complexity index is 1060. The first-order chi connectivity index (χ1) is 13.0. The third-order valence-corrected chi connectivity index (χ3v) is 6.54. The number of rotatable bonds is 5. The summed E-state index contributed by atoms with van der Waals surface area (Å²) >= 11 is 0. The number of halogens is 1. The van der Waals surface area contributed by atoms with Crippen LogP contribution in [0.3, 0.4) is 0 Å². The molecular formula is C18H19FN4O3S. The second-order valence-corrected chi connectivity index (χ2v) is 8.30. The Morgan fingerprint density at radius 1 is 1.30 bits per heavy atom. The Labute approximate surface area is 156 Å². The van der Waals surface area contributed by atoms with E-state index in [-0.39, 0.29) is 18.0 Å². The lowest BCUT2D eigenvalue weighted by atomic mass is 10.1. The van der Waals surface area contributed by atoms with Crippen molar-refractivity contribution in [1.29, 1.82) is 0 Å². The summed E-state index contributed by atoms with van der Waals surface area (Å²) in [6, 6.07) is 5.44. The van der Waals surface area contributed by atoms with Crippen LogP contribution in [0.2, 0.25) is 0 Å². The van der Waals surface area contributed by atoms with Crippen LogP contribution in [0.15, 0.2) is 46.2 Å². The van der Waals surface area contributed by atoms with Crippen molar-refractivity contribution in [3.63, 3.8) is 0 Å². The van der Waals surface area contributed by atoms with Crippen molar-refractivity contribution in [3.05, 3.63) is 54.0 Å². The number of oxazole rings is 1. The van der Waals surface area contributed by atoms with Gasteiger partial charge in [-0.1, -0.05) is 19.1 Å². The van der Waals surface area contributed by atoms with Crippen molar-refractivity contribution < 1.29 is 17.2 Å². The van der Waals surface area contributed by atoms with E-state index >= 15 is 0 Å². The maximum Gasteiger partial charge on any atom is 0.246 e. The first kappa shape index (κ1) is 17.9. The lowest BCUT2D eigenvalue weighted by Crippen LogP contribution is -2.36. The minimum Gasteiger partial charge on any atom is -0.451 e. The molecule has 27 heavy (non-hydrogen) atoms. The van der Waals surface area contributed by atoms with E-state index in [1.165, 1.54) is 35.2 Å². The first-order valence-electron chi connectivity index (χ1n) is 8.74. The van der Waals surface area contributed by atoms with Crippen LogP contribution in [-0.2, 0) is 29.5 Å². The minimum atomic E-state index is -3.95. The summed E-state index contributed by atoms with van der Waals surface area (Å²) < 4.78 is 48.3. The van der Waals surface area contributed by atoms with Gasteiger partial charge in [-0.3, -0.25) is 4.68 Å². The Hall–Kier alpha value is -2.52. The molecule has 0 aliphatic carbocycles. The van der Waals surface area contributed by atoms with E-state index in [4.69, 9.17) is 4.42 Å². The molecule has 0 fully saturated rings. The van der Waals surface area contributed by atoms with Gasteiger partial charge < -0.3 is 4.42 Å². The van der Waals surface area contributed by atoms with Crippen molar-refractivity contribution in [1.82, 2.24) is 19.1 Å². The maximum atomic E-state index is 14.1. The van der Waals surface area contributed by atoms with E-state index < -0.39 is 15.8 Å². The fraction of sp³-hybridized carbons (Fsp3) is 0.333. The molecule has 0 radical (unpaired) electrons. The van der Waals surface area contributed by atoms with Gasteiger partial charge in [-0.25, -0.2) is 17.8 Å². The van der Waals surface area contributed by atoms with Crippen LogP contribution in [-0.4, -0.2) is 34.0 Å². The lowest BCUT2D eigenvalue weighted by Gasteiger charge is -2.27. The topological polar surface area (TPSA) is 81.2 Å². The Balaban J connectivity index is 1.75. The molecule has 3 aromatic rings. The molecule has 0 spiro atoms. The monoisotopic (exact) mass is 390 g/mol. The molecule has 1 aromatic carbocycles. The average molecular weight is 390 g/mol. The number of hydrogen-bond donors (Lipinski definition) is 0. The highest BCUT2D eigenvalue weighted by Crippen LogP contribution is 2.32. The van der Waals surface area contributed by atoms with Crippen LogP contribution in [0.1, 0.15) is 24.6 Å². The van der Waals surface area contributed by atoms with Crippen molar-refractivity contribution >= 4 is 10.0 Å². The fourth-order valence-corrected chi connectivity index (χ4v) is 4.87. The lowest BCUT2D eigenvalue weighted by molar-refractivity contribution is 0.380. The molecule has 0 amide bonds. The SMILES string of the molecule is CCCn1nc(-c2cocn2)c2c1CCN(S(=O)(=O)c1ccccc1F)C2. The minimum absolute atomic E-state index is 0.123. The molecule has 0 saturated heterocycles. The maximum absolute atomic E-state index is 14.1. The Morgan fingerprint density at radius 3 is 2.81 bits per heavy atom. The van der Waals surface area contributed by atoms with Gasteiger partial charge >= 0.3 is 0 Å². The van der Waals surface area contributed by atoms with Gasteiger partial charge in [-0.2, -0.15) is 9.40 Å². The van der Waals surface area contributed by atoms with Crippen LogP contribution in [0.25, 0.3) is 11.4 Å². The Kier molecular flexibility index (Phi) is 4.56. The molecule has 4 rings (SSSR count). The van der Waals surface area contributed by atoms with Crippen LogP contribution < -0.4 is 0 Å². The van der Waals surface area contributed by atoms with E-state index in [0.717, 1.165) is 30.3 Å². The summed E-state index contributed by atoms with van der Waals surface area (Å²) in [5.74, 6) is -0.748. The van der Waals surface area contributed by atoms with Crippen LogP contribution in [0.5, 0.6) is 0 Å². The van der Waals surface area contributed by atoms with Crippen molar-refractivity contribution in [2.75, 3.05) is 6.54 Å². The Morgan fingerprint density at radius 2 is 2.11 bits per heavy atom. The number of benzene rings is 1. The molecule has 1 aliphatic rings. The second-order valence-electron chi connectivity index (χ2n) is 6.39. The van der Waals surface area contributed by atoms with Crippen LogP contribution in [0.4, 0.5) is 4.39 Å². The summed E-state index contributed by atoms with van der Waals surface area (Å²) in [7, 11) is -3.95. The van der Waals surface area contributed by atoms with E-state index in [1.807, 2.05) is 4.68 Å². The molecule has 9 heteroatoms. The van der Waals surface area contributed by atoms with Gasteiger partial charge in [0.05, 0.1) is 0 Å². The molecule has 0 N–H and O–H groups in total. The van der Waals surface area contributed by atoms with Gasteiger partial charge in [0.15, 0.2) is 6.39 Å². The zero-order valence-electron chi connectivity index (χ0n) is 14.8. The van der Waals surface area contributed by atoms with Crippen molar-refractivity contribution in [2.45, 2.75) is 37.8 Å². The van der Waals surface area contributed by atoms with Gasteiger partial charge in [-0.05, 0) is 18.6 Å². The molecule has 1 aliphatic heterocycles. The van der Waals surface area contributed by atoms with Gasteiger partial charge in [0.2, 0.25) is 10.0 Å². The van der Waals surface area contributed by atoms with Crippen molar-refractivity contribution in [2.24, 2.45) is 0 Å². The van der Waals surface area contributed by atoms with Crippen LogP contribution >= 0.6 is 0 Å². The molecular weight excluding hydrogens is 371 g/mol. The normalized spacial score (nSPS) is 15.0. The van der Waals surface area contributed by atoms with Gasteiger partial charge in [-0.15, -0.1) is 0 Å². The van der Waals surface area contributed by atoms with Gasteiger partial charge in [0.1, 0.15) is 28.4 Å². The molecule has 2 aromatic heterocycles. The molecule has 7 nitrogen and oxygen atoms in total. The van der Waals surface area contributed by atoms with E-state index in [2.05, 4.69) is 17.0 Å². The number of aromatic nitrogens is 3. The molecule has 0 atom stereocenters. The summed E-state index contributed by atoms with van der Waals surface area (Å²) in [6.07, 6.45) is 4.22. The number of hydrogen-bond acceptors (Lipinski definition) is 5. The summed E-state index contributed by atoms with van der Waals surface area (Å²) in [4.78, 5) is 3.85. The summed E-state index contributed by atoms with van der Waals surface area (Å²) in [5.41, 5.74) is 2.96. The molecule has 0 unspecified atom stereocenters. The third-order valence-electron chi connectivity index (χ3n) is 4.66. The zero-order valence-corrected chi connectivity index (χ0v) is 15.6. The zero-order chi connectivity index (χ0) is 19.0. The first-order valence-corrected chi connectivity index (χ1v) is 10.2. The highest BCUT2D eigenvalue weighted by Gasteiger charge is 2.34.